The zero-order valence-electron chi connectivity index (χ0n) is 18.5. The zero-order chi connectivity index (χ0) is 21.3. The predicted octanol–water partition coefficient (Wildman–Crippen LogP) is 7.56. The van der Waals surface area contributed by atoms with Crippen LogP contribution in [0.3, 0.4) is 0 Å². The molecule has 0 atom stereocenters. The first-order valence-electron chi connectivity index (χ1n) is 10.9. The maximum atomic E-state index is 6.11. The molecule has 30 heavy (non-hydrogen) atoms. The van der Waals surface area contributed by atoms with E-state index < -0.39 is 0 Å². The van der Waals surface area contributed by atoms with E-state index >= 15 is 0 Å². The van der Waals surface area contributed by atoms with Gasteiger partial charge in [0.1, 0.15) is 0 Å². The summed E-state index contributed by atoms with van der Waals surface area (Å²) in [5, 5.41) is 0. The second kappa shape index (κ2) is 7.99. The van der Waals surface area contributed by atoms with Crippen molar-refractivity contribution < 1.29 is 0 Å². The Morgan fingerprint density at radius 1 is 0.900 bits per heavy atom. The van der Waals surface area contributed by atoms with Crippen LogP contribution in [-0.2, 0) is 11.8 Å². The van der Waals surface area contributed by atoms with Crippen LogP contribution < -0.4 is 5.73 Å². The average Bonchev–Trinajstić information content (AvgIpc) is 2.96. The summed E-state index contributed by atoms with van der Waals surface area (Å²) in [6.07, 6.45) is 6.37. The first kappa shape index (κ1) is 20.2. The maximum absolute atomic E-state index is 6.11. The quantitative estimate of drug-likeness (QED) is 0.445. The van der Waals surface area contributed by atoms with Crippen molar-refractivity contribution in [3.05, 3.63) is 107 Å². The molecule has 0 saturated heterocycles. The summed E-state index contributed by atoms with van der Waals surface area (Å²) in [7, 11) is 0. The average molecular weight is 394 g/mol. The summed E-state index contributed by atoms with van der Waals surface area (Å²) in [4.78, 5) is 0. The van der Waals surface area contributed by atoms with Gasteiger partial charge in [0.15, 0.2) is 0 Å². The topological polar surface area (TPSA) is 26.0 Å². The van der Waals surface area contributed by atoms with E-state index in [-0.39, 0.29) is 5.41 Å². The van der Waals surface area contributed by atoms with E-state index in [1.165, 1.54) is 44.5 Å². The van der Waals surface area contributed by atoms with E-state index in [2.05, 4.69) is 88.4 Å². The molecule has 152 valence electrons. The molecule has 1 nitrogen and oxygen atoms in total. The fourth-order valence-electron chi connectivity index (χ4n) is 4.86. The summed E-state index contributed by atoms with van der Waals surface area (Å²) in [6.45, 7) is 9.09. The van der Waals surface area contributed by atoms with Crippen molar-refractivity contribution in [3.8, 4) is 11.1 Å². The zero-order valence-corrected chi connectivity index (χ0v) is 18.5. The standard InChI is InChI=1S/C29H31N/c1-5-9-24-25-17-16-22(19-27(25)29(3,4)26(24)6-2)21-14-12-20(13-15-21)18-23-10-7-8-11-28(23)30/h5,7-17,19H,6,18,30H2,1-4H3/b9-5-. The van der Waals surface area contributed by atoms with Crippen molar-refractivity contribution in [3.63, 3.8) is 0 Å². The Morgan fingerprint density at radius 2 is 1.60 bits per heavy atom. The lowest BCUT2D eigenvalue weighted by atomic mass is 9.79. The molecular weight excluding hydrogens is 362 g/mol. The molecule has 0 spiro atoms. The molecule has 3 aromatic rings. The Bertz CT molecular complexity index is 1130. The second-order valence-corrected chi connectivity index (χ2v) is 8.70. The second-order valence-electron chi connectivity index (χ2n) is 8.70. The summed E-state index contributed by atoms with van der Waals surface area (Å²) in [6, 6.07) is 24.0. The lowest BCUT2D eigenvalue weighted by Gasteiger charge is -2.24. The van der Waals surface area contributed by atoms with E-state index in [0.29, 0.717) is 0 Å². The Morgan fingerprint density at radius 3 is 2.27 bits per heavy atom. The van der Waals surface area contributed by atoms with Gasteiger partial charge in [0.2, 0.25) is 0 Å². The molecule has 2 N–H and O–H groups in total. The molecule has 0 bridgehead atoms. The van der Waals surface area contributed by atoms with Crippen LogP contribution in [0, 0.1) is 0 Å². The summed E-state index contributed by atoms with van der Waals surface area (Å²) < 4.78 is 0. The highest BCUT2D eigenvalue weighted by atomic mass is 14.6. The first-order chi connectivity index (χ1) is 14.5. The molecule has 3 aromatic carbocycles. The van der Waals surface area contributed by atoms with Gasteiger partial charge in [-0.15, -0.1) is 0 Å². The highest BCUT2D eigenvalue weighted by Gasteiger charge is 2.35. The van der Waals surface area contributed by atoms with Gasteiger partial charge in [-0.1, -0.05) is 93.1 Å². The molecule has 1 aliphatic carbocycles. The third-order valence-electron chi connectivity index (χ3n) is 6.49. The van der Waals surface area contributed by atoms with Crippen molar-refractivity contribution in [2.24, 2.45) is 0 Å². The number of nitrogen functional groups attached to an aromatic ring is 1. The van der Waals surface area contributed by atoms with E-state index in [9.17, 15) is 0 Å². The minimum absolute atomic E-state index is 0.0692. The lowest BCUT2D eigenvalue weighted by Crippen LogP contribution is -2.16. The highest BCUT2D eigenvalue weighted by Crippen LogP contribution is 2.49. The summed E-state index contributed by atoms with van der Waals surface area (Å²) in [5.74, 6) is 0. The number of hydrogen-bond donors (Lipinski definition) is 1. The van der Waals surface area contributed by atoms with Crippen LogP contribution in [0.2, 0.25) is 0 Å². The Hall–Kier alpha value is -3.06. The normalized spacial score (nSPS) is 15.1. The minimum atomic E-state index is 0.0692. The molecule has 0 fully saturated rings. The van der Waals surface area contributed by atoms with E-state index in [0.717, 1.165) is 18.5 Å². The van der Waals surface area contributed by atoms with Gasteiger partial charge in [0.05, 0.1) is 0 Å². The van der Waals surface area contributed by atoms with E-state index in [4.69, 9.17) is 5.73 Å². The van der Waals surface area contributed by atoms with Crippen molar-refractivity contribution >= 4 is 11.3 Å². The highest BCUT2D eigenvalue weighted by molar-refractivity contribution is 5.87. The smallest absolute Gasteiger partial charge is 0.0349 e. The van der Waals surface area contributed by atoms with Crippen LogP contribution in [0.25, 0.3) is 16.7 Å². The van der Waals surface area contributed by atoms with Crippen molar-refractivity contribution in [1.82, 2.24) is 0 Å². The van der Waals surface area contributed by atoms with Gasteiger partial charge in [-0.05, 0) is 70.9 Å². The Balaban J connectivity index is 1.65. The van der Waals surface area contributed by atoms with Gasteiger partial charge < -0.3 is 5.73 Å². The third-order valence-corrected chi connectivity index (χ3v) is 6.49. The van der Waals surface area contributed by atoms with Crippen LogP contribution in [0.4, 0.5) is 5.69 Å². The predicted molar refractivity (Wildman–Crippen MR) is 131 cm³/mol. The molecule has 0 aromatic heterocycles. The SMILES string of the molecule is C/C=C\C1=C(CC)C(C)(C)c2cc(-c3ccc(Cc4ccccc4N)cc3)ccc21. The molecule has 0 unspecified atom stereocenters. The molecular formula is C29H31N. The molecule has 4 rings (SSSR count). The van der Waals surface area contributed by atoms with Gasteiger partial charge in [-0.25, -0.2) is 0 Å². The molecule has 0 aliphatic heterocycles. The molecule has 0 saturated carbocycles. The van der Waals surface area contributed by atoms with E-state index in [1.807, 2.05) is 18.2 Å². The Kier molecular flexibility index (Phi) is 5.39. The summed E-state index contributed by atoms with van der Waals surface area (Å²) >= 11 is 0. The largest absolute Gasteiger partial charge is 0.398 e. The molecule has 1 heteroatoms. The first-order valence-corrected chi connectivity index (χ1v) is 10.9. The number of hydrogen-bond acceptors (Lipinski definition) is 1. The number of benzene rings is 3. The number of allylic oxidation sites excluding steroid dienone is 4. The number of anilines is 1. The molecule has 0 radical (unpaired) electrons. The van der Waals surface area contributed by atoms with Crippen molar-refractivity contribution in [1.29, 1.82) is 0 Å². The Labute approximate surface area is 181 Å². The summed E-state index contributed by atoms with van der Waals surface area (Å²) in [5.41, 5.74) is 17.8. The van der Waals surface area contributed by atoms with Crippen LogP contribution in [-0.4, -0.2) is 0 Å². The van der Waals surface area contributed by atoms with Gasteiger partial charge in [-0.2, -0.15) is 0 Å². The third kappa shape index (κ3) is 3.50. The molecule has 1 aliphatic rings. The lowest BCUT2D eigenvalue weighted by molar-refractivity contribution is 0.617. The maximum Gasteiger partial charge on any atom is 0.0349 e. The van der Waals surface area contributed by atoms with Crippen LogP contribution >= 0.6 is 0 Å². The van der Waals surface area contributed by atoms with Gasteiger partial charge >= 0.3 is 0 Å². The number of nitrogens with two attached hydrogens (primary N) is 1. The van der Waals surface area contributed by atoms with Gasteiger partial charge in [0, 0.05) is 11.1 Å². The fraction of sp³-hybridized carbons (Fsp3) is 0.241. The fourth-order valence-corrected chi connectivity index (χ4v) is 4.86. The van der Waals surface area contributed by atoms with Crippen LogP contribution in [0.5, 0.6) is 0 Å². The van der Waals surface area contributed by atoms with Crippen LogP contribution in [0.15, 0.2) is 84.5 Å². The van der Waals surface area contributed by atoms with Gasteiger partial charge in [0.25, 0.3) is 0 Å². The number of rotatable bonds is 5. The van der Waals surface area contributed by atoms with Crippen molar-refractivity contribution in [2.45, 2.75) is 46.0 Å². The monoisotopic (exact) mass is 393 g/mol. The van der Waals surface area contributed by atoms with Crippen LogP contribution in [0.1, 0.15) is 56.4 Å². The van der Waals surface area contributed by atoms with Crippen molar-refractivity contribution in [2.75, 3.05) is 5.73 Å². The van der Waals surface area contributed by atoms with E-state index in [1.54, 1.807) is 0 Å². The molecule has 0 amide bonds. The minimum Gasteiger partial charge on any atom is -0.398 e. The number of para-hydroxylation sites is 1. The van der Waals surface area contributed by atoms with Gasteiger partial charge in [-0.3, -0.25) is 0 Å². The number of fused-ring (bicyclic) bond motifs is 1. The molecule has 0 heterocycles.